The fraction of sp³-hybridized carbons (Fsp3) is 0.0345. The Labute approximate surface area is 525 Å². The Morgan fingerprint density at radius 1 is 0.225 bits per heavy atom. The van der Waals surface area contributed by atoms with Gasteiger partial charge in [0.25, 0.3) is 0 Å². The standard InChI is InChI=1S/C43H29N.C24H17Cl.C20H14/c1-3-12-29(13-4-1)31-17-11-18-32(24-31)35-25-34(30-14-5-2-6-15-30)26-36(27-35)44-42-21-10-9-20-39(42)40-23-22-38-37-19-8-7-16-33(37)28-41(38)43(40)44;25-24-16-22(19-10-5-2-6-11-19)15-23(17-24)21-13-7-12-20(14-21)18-8-3-1-4-9-18;1-3-7-15-13(5-1)11-19-17(15)9-10-18-16-8-4-2-6-14(16)12-20(18)19/h1-27H,28H2;1-17H;1-10H,11-12H2. The summed E-state index contributed by atoms with van der Waals surface area (Å²) in [6.07, 6.45) is 3.15. The van der Waals surface area contributed by atoms with Crippen LogP contribution in [0.15, 0.2) is 328 Å². The lowest BCUT2D eigenvalue weighted by molar-refractivity contribution is 1.15. The third-order valence-corrected chi connectivity index (χ3v) is 18.5. The second-order valence-electron chi connectivity index (χ2n) is 23.6. The molecule has 2 heteroatoms. The minimum Gasteiger partial charge on any atom is -0.309 e. The van der Waals surface area contributed by atoms with E-state index in [9.17, 15) is 0 Å². The first-order valence-electron chi connectivity index (χ1n) is 30.9. The maximum atomic E-state index is 6.41. The molecule has 0 fully saturated rings. The Balaban J connectivity index is 0.000000119. The van der Waals surface area contributed by atoms with Crippen LogP contribution in [-0.4, -0.2) is 4.57 Å². The van der Waals surface area contributed by atoms with Gasteiger partial charge < -0.3 is 4.57 Å². The van der Waals surface area contributed by atoms with Crippen molar-refractivity contribution in [2.24, 2.45) is 0 Å². The van der Waals surface area contributed by atoms with E-state index in [0.29, 0.717) is 0 Å². The largest absolute Gasteiger partial charge is 0.309 e. The van der Waals surface area contributed by atoms with Gasteiger partial charge >= 0.3 is 0 Å². The van der Waals surface area contributed by atoms with Crippen molar-refractivity contribution in [2.45, 2.75) is 19.3 Å². The smallest absolute Gasteiger partial charge is 0.0582 e. The molecule has 18 rings (SSSR count). The number of fused-ring (bicyclic) bond motifs is 14. The molecule has 0 aliphatic heterocycles. The van der Waals surface area contributed by atoms with Crippen molar-refractivity contribution >= 4 is 33.4 Å². The number of rotatable bonds is 7. The van der Waals surface area contributed by atoms with Crippen molar-refractivity contribution < 1.29 is 0 Å². The van der Waals surface area contributed by atoms with E-state index in [0.717, 1.165) is 35.4 Å². The SMILES string of the molecule is Clc1cc(-c2ccccc2)cc(-c2cccc(-c3ccccc3)c2)c1.c1ccc(-c2cccc(-c3cc(-c4ccccc4)cc(-n4c5ccccc5c5ccc6c(c54)Cc4ccccc4-6)c3)c2)cc1.c1ccc2c(c1)Cc1c-2ccc2c1Cc1ccccc1-2. The molecule has 0 spiro atoms. The Kier molecular flexibility index (Phi) is 13.9. The molecule has 0 unspecified atom stereocenters. The number of aromatic nitrogens is 1. The van der Waals surface area contributed by atoms with Gasteiger partial charge in [-0.05, 0) is 201 Å². The van der Waals surface area contributed by atoms with E-state index < -0.39 is 0 Å². The van der Waals surface area contributed by atoms with Crippen LogP contribution in [0, 0.1) is 0 Å². The summed E-state index contributed by atoms with van der Waals surface area (Å²) in [5.41, 5.74) is 35.4. The van der Waals surface area contributed by atoms with Gasteiger partial charge in [0.2, 0.25) is 0 Å². The van der Waals surface area contributed by atoms with Gasteiger partial charge in [-0.15, -0.1) is 0 Å². The Bertz CT molecular complexity index is 5080. The molecule has 3 aliphatic carbocycles. The van der Waals surface area contributed by atoms with E-state index in [1.807, 2.05) is 36.4 Å². The van der Waals surface area contributed by atoms with Crippen LogP contribution in [0.5, 0.6) is 0 Å². The van der Waals surface area contributed by atoms with Gasteiger partial charge in [0.15, 0.2) is 0 Å². The zero-order valence-corrected chi connectivity index (χ0v) is 49.9. The van der Waals surface area contributed by atoms with E-state index in [1.165, 1.54) is 139 Å². The molecule has 0 saturated heterocycles. The Hall–Kier alpha value is -10.8. The maximum Gasteiger partial charge on any atom is 0.0582 e. The molecule has 0 bridgehead atoms. The first-order chi connectivity index (χ1) is 44.0. The second-order valence-corrected chi connectivity index (χ2v) is 24.0. The van der Waals surface area contributed by atoms with E-state index in [1.54, 1.807) is 11.1 Å². The topological polar surface area (TPSA) is 4.93 Å². The minimum absolute atomic E-state index is 0.751. The number of hydrogen-bond donors (Lipinski definition) is 0. The minimum atomic E-state index is 0.751. The van der Waals surface area contributed by atoms with E-state index >= 15 is 0 Å². The number of hydrogen-bond acceptors (Lipinski definition) is 0. The zero-order chi connectivity index (χ0) is 59.2. The summed E-state index contributed by atoms with van der Waals surface area (Å²) in [6.45, 7) is 0. The molecule has 1 heterocycles. The van der Waals surface area contributed by atoms with Crippen LogP contribution >= 0.6 is 11.6 Å². The molecule has 14 aromatic carbocycles. The third-order valence-electron chi connectivity index (χ3n) is 18.3. The van der Waals surface area contributed by atoms with E-state index in [-0.39, 0.29) is 0 Å². The summed E-state index contributed by atoms with van der Waals surface area (Å²) in [4.78, 5) is 0. The monoisotopic (exact) mass is 1150 g/mol. The lowest BCUT2D eigenvalue weighted by Gasteiger charge is -2.16. The molecule has 1 aromatic heterocycles. The van der Waals surface area contributed by atoms with Gasteiger partial charge in [0, 0.05) is 27.9 Å². The predicted octanol–water partition coefficient (Wildman–Crippen LogP) is 23.5. The van der Waals surface area contributed by atoms with Crippen LogP contribution in [0.1, 0.15) is 33.4 Å². The normalized spacial score (nSPS) is 12.0. The van der Waals surface area contributed by atoms with Crippen LogP contribution in [0.2, 0.25) is 5.02 Å². The summed E-state index contributed by atoms with van der Waals surface area (Å²) in [5, 5.41) is 3.35. The highest BCUT2D eigenvalue weighted by molar-refractivity contribution is 6.31. The summed E-state index contributed by atoms with van der Waals surface area (Å²) in [6, 6.07) is 118. The molecule has 1 nitrogen and oxygen atoms in total. The van der Waals surface area contributed by atoms with Crippen LogP contribution in [0.3, 0.4) is 0 Å². The van der Waals surface area contributed by atoms with Crippen molar-refractivity contribution in [3.63, 3.8) is 0 Å². The van der Waals surface area contributed by atoms with Crippen molar-refractivity contribution in [1.29, 1.82) is 0 Å². The highest BCUT2D eigenvalue weighted by Gasteiger charge is 2.28. The van der Waals surface area contributed by atoms with E-state index in [2.05, 4.69) is 296 Å². The zero-order valence-electron chi connectivity index (χ0n) is 49.1. The first kappa shape index (κ1) is 53.6. The summed E-state index contributed by atoms with van der Waals surface area (Å²) >= 11 is 6.41. The highest BCUT2D eigenvalue weighted by Crippen LogP contribution is 2.48. The van der Waals surface area contributed by atoms with Crippen LogP contribution in [-0.2, 0) is 19.3 Å². The molecule has 0 atom stereocenters. The Morgan fingerprint density at radius 2 is 0.551 bits per heavy atom. The van der Waals surface area contributed by atoms with Gasteiger partial charge in [0.1, 0.15) is 0 Å². The first-order valence-corrected chi connectivity index (χ1v) is 31.2. The second kappa shape index (κ2) is 23.1. The number of halogens is 1. The van der Waals surface area contributed by atoms with Crippen LogP contribution < -0.4 is 0 Å². The lowest BCUT2D eigenvalue weighted by atomic mass is 9.95. The quantitative estimate of drug-likeness (QED) is 0.150. The molecular weight excluding hydrogens is 1090 g/mol. The lowest BCUT2D eigenvalue weighted by Crippen LogP contribution is -1.98. The average molecular weight is 1150 g/mol. The molecule has 0 amide bonds. The Morgan fingerprint density at radius 3 is 1.03 bits per heavy atom. The molecule has 89 heavy (non-hydrogen) atoms. The summed E-state index contributed by atoms with van der Waals surface area (Å²) < 4.78 is 2.52. The van der Waals surface area contributed by atoms with Gasteiger partial charge in [-0.25, -0.2) is 0 Å². The molecule has 0 radical (unpaired) electrons. The van der Waals surface area contributed by atoms with Gasteiger partial charge in [0.05, 0.1) is 11.0 Å². The molecular formula is C87H60ClN. The van der Waals surface area contributed by atoms with Gasteiger partial charge in [-0.3, -0.25) is 0 Å². The van der Waals surface area contributed by atoms with Crippen molar-refractivity contribution in [1.82, 2.24) is 4.57 Å². The van der Waals surface area contributed by atoms with Crippen molar-refractivity contribution in [3.05, 3.63) is 366 Å². The van der Waals surface area contributed by atoms with Gasteiger partial charge in [-0.2, -0.15) is 0 Å². The van der Waals surface area contributed by atoms with Crippen LogP contribution in [0.25, 0.3) is 128 Å². The number of para-hydroxylation sites is 1. The van der Waals surface area contributed by atoms with Crippen molar-refractivity contribution in [2.75, 3.05) is 0 Å². The van der Waals surface area contributed by atoms with Gasteiger partial charge in [-0.1, -0.05) is 285 Å². The molecule has 420 valence electrons. The average Bonchev–Trinajstić information content (AvgIpc) is 1.61. The number of benzene rings is 14. The predicted molar refractivity (Wildman–Crippen MR) is 376 cm³/mol. The third kappa shape index (κ3) is 10.2. The fourth-order valence-corrected chi connectivity index (χ4v) is 14.3. The van der Waals surface area contributed by atoms with E-state index in [4.69, 9.17) is 11.6 Å². The molecule has 0 N–H and O–H groups in total. The number of nitrogens with zero attached hydrogens (tertiary/aromatic N) is 1. The van der Waals surface area contributed by atoms with Crippen LogP contribution in [0.4, 0.5) is 0 Å². The fourth-order valence-electron chi connectivity index (χ4n) is 14.1. The summed E-state index contributed by atoms with van der Waals surface area (Å²) in [5.74, 6) is 0. The maximum absolute atomic E-state index is 6.41. The summed E-state index contributed by atoms with van der Waals surface area (Å²) in [7, 11) is 0. The molecule has 3 aliphatic rings. The molecule has 0 saturated carbocycles. The molecule has 15 aromatic rings. The highest BCUT2D eigenvalue weighted by atomic mass is 35.5. The van der Waals surface area contributed by atoms with Crippen molar-refractivity contribution in [3.8, 4) is 106 Å².